The normalized spacial score (nSPS) is 12.8. The summed E-state index contributed by atoms with van der Waals surface area (Å²) in [7, 11) is 0. The number of para-hydroxylation sites is 1. The van der Waals surface area contributed by atoms with Gasteiger partial charge in [0.1, 0.15) is 23.0 Å². The zero-order valence-corrected chi connectivity index (χ0v) is 13.7. The molecule has 2 aliphatic rings. The second-order valence-electron chi connectivity index (χ2n) is 6.67. The first kappa shape index (κ1) is 13.1. The minimum Gasteiger partial charge on any atom is -0.456 e. The topological polar surface area (TPSA) is 18.5 Å². The van der Waals surface area contributed by atoms with Crippen LogP contribution in [0.5, 0.6) is 23.0 Å². The van der Waals surface area contributed by atoms with Crippen molar-refractivity contribution < 1.29 is 9.47 Å². The summed E-state index contributed by atoms with van der Waals surface area (Å²) in [6, 6.07) is 23.0. The van der Waals surface area contributed by atoms with Gasteiger partial charge in [-0.3, -0.25) is 0 Å². The molecule has 0 fully saturated rings. The molecule has 0 aliphatic carbocycles. The van der Waals surface area contributed by atoms with Crippen LogP contribution in [0.4, 0.5) is 0 Å². The van der Waals surface area contributed by atoms with Crippen LogP contribution in [0.3, 0.4) is 0 Å². The van der Waals surface area contributed by atoms with Crippen LogP contribution in [0, 0.1) is 6.92 Å². The lowest BCUT2D eigenvalue weighted by Crippen LogP contribution is -2.02. The van der Waals surface area contributed by atoms with Crippen LogP contribution >= 0.6 is 0 Å². The van der Waals surface area contributed by atoms with Crippen molar-refractivity contribution in [2.45, 2.75) is 6.92 Å². The summed E-state index contributed by atoms with van der Waals surface area (Å²) in [6.45, 7) is 2.09. The van der Waals surface area contributed by atoms with Crippen molar-refractivity contribution in [1.82, 2.24) is 0 Å². The Hall–Kier alpha value is -3.26. The smallest absolute Gasteiger partial charge is 0.136 e. The average Bonchev–Trinajstić information content (AvgIpc) is 2.64. The van der Waals surface area contributed by atoms with Crippen LogP contribution in [0.25, 0.3) is 33.0 Å². The van der Waals surface area contributed by atoms with E-state index in [0.717, 1.165) is 44.9 Å². The molecule has 2 heterocycles. The molecule has 0 N–H and O–H groups in total. The Bertz CT molecular complexity index is 1200. The van der Waals surface area contributed by atoms with Crippen LogP contribution in [-0.4, -0.2) is 0 Å². The number of hydrogen-bond donors (Lipinski definition) is 0. The van der Waals surface area contributed by atoms with E-state index in [2.05, 4.69) is 61.5 Å². The number of ether oxygens (including phenoxy) is 2. The average molecular weight is 322 g/mol. The van der Waals surface area contributed by atoms with Crippen LogP contribution in [0.2, 0.25) is 0 Å². The third-order valence-corrected chi connectivity index (χ3v) is 5.13. The minimum absolute atomic E-state index is 0.897. The highest BCUT2D eigenvalue weighted by Crippen LogP contribution is 2.54. The lowest BCUT2D eigenvalue weighted by molar-refractivity contribution is 0.479. The van der Waals surface area contributed by atoms with Gasteiger partial charge in [0.25, 0.3) is 0 Å². The first-order valence-corrected chi connectivity index (χ1v) is 8.45. The van der Waals surface area contributed by atoms with Crippen molar-refractivity contribution in [3.63, 3.8) is 0 Å². The van der Waals surface area contributed by atoms with Crippen LogP contribution in [0.1, 0.15) is 5.56 Å². The molecular formula is C23H14O2. The fourth-order valence-corrected chi connectivity index (χ4v) is 4.00. The van der Waals surface area contributed by atoms with Crippen LogP contribution in [-0.2, 0) is 0 Å². The molecule has 0 bridgehead atoms. The minimum atomic E-state index is 0.897. The summed E-state index contributed by atoms with van der Waals surface area (Å²) >= 11 is 0. The van der Waals surface area contributed by atoms with E-state index < -0.39 is 0 Å². The van der Waals surface area contributed by atoms with Gasteiger partial charge in [-0.15, -0.1) is 0 Å². The molecule has 25 heavy (non-hydrogen) atoms. The molecule has 2 heteroatoms. The third kappa shape index (κ3) is 1.64. The van der Waals surface area contributed by atoms with Gasteiger partial charge in [-0.2, -0.15) is 0 Å². The predicted molar refractivity (Wildman–Crippen MR) is 99.7 cm³/mol. The Balaban J connectivity index is 1.76. The molecule has 0 saturated carbocycles. The highest BCUT2D eigenvalue weighted by molar-refractivity contribution is 6.14. The quantitative estimate of drug-likeness (QED) is 0.310. The number of benzene rings is 4. The summed E-state index contributed by atoms with van der Waals surface area (Å²) in [6.07, 6.45) is 0. The van der Waals surface area contributed by atoms with E-state index in [-0.39, 0.29) is 0 Å². The van der Waals surface area contributed by atoms with E-state index in [1.165, 1.54) is 16.7 Å². The molecule has 118 valence electrons. The maximum absolute atomic E-state index is 6.24. The number of aryl methyl sites for hydroxylation is 1. The largest absolute Gasteiger partial charge is 0.456 e. The molecule has 6 rings (SSSR count). The zero-order valence-electron chi connectivity index (χ0n) is 13.7. The molecule has 0 aromatic heterocycles. The van der Waals surface area contributed by atoms with Crippen LogP contribution in [0.15, 0.2) is 66.7 Å². The van der Waals surface area contributed by atoms with Crippen molar-refractivity contribution in [1.29, 1.82) is 0 Å². The fourth-order valence-electron chi connectivity index (χ4n) is 4.00. The van der Waals surface area contributed by atoms with E-state index in [1.807, 2.05) is 12.1 Å². The van der Waals surface area contributed by atoms with Crippen molar-refractivity contribution in [2.24, 2.45) is 0 Å². The van der Waals surface area contributed by atoms with Crippen molar-refractivity contribution in [3.05, 3.63) is 72.3 Å². The molecule has 2 nitrogen and oxygen atoms in total. The Morgan fingerprint density at radius 3 is 1.88 bits per heavy atom. The Kier molecular flexibility index (Phi) is 2.31. The SMILES string of the molecule is Cc1ccc2c(c1)Oc1ccc3c4c(ccc-2c14)Oc1ccccc1-3. The van der Waals surface area contributed by atoms with E-state index in [1.54, 1.807) is 0 Å². The molecule has 0 radical (unpaired) electrons. The van der Waals surface area contributed by atoms with E-state index in [4.69, 9.17) is 9.47 Å². The molecule has 4 aromatic rings. The van der Waals surface area contributed by atoms with Crippen LogP contribution < -0.4 is 9.47 Å². The summed E-state index contributed by atoms with van der Waals surface area (Å²) < 4.78 is 12.4. The van der Waals surface area contributed by atoms with Crippen molar-refractivity contribution in [3.8, 4) is 45.3 Å². The Morgan fingerprint density at radius 1 is 0.520 bits per heavy atom. The summed E-state index contributed by atoms with van der Waals surface area (Å²) in [4.78, 5) is 0. The van der Waals surface area contributed by atoms with Crippen molar-refractivity contribution in [2.75, 3.05) is 0 Å². The summed E-state index contributed by atoms with van der Waals surface area (Å²) in [5.74, 6) is 3.63. The van der Waals surface area contributed by atoms with E-state index in [9.17, 15) is 0 Å². The van der Waals surface area contributed by atoms with Gasteiger partial charge in [0.15, 0.2) is 0 Å². The maximum Gasteiger partial charge on any atom is 0.136 e. The molecule has 2 aliphatic heterocycles. The second-order valence-corrected chi connectivity index (χ2v) is 6.67. The van der Waals surface area contributed by atoms with Gasteiger partial charge in [-0.1, -0.05) is 30.3 Å². The lowest BCUT2D eigenvalue weighted by Gasteiger charge is -2.27. The summed E-state index contributed by atoms with van der Waals surface area (Å²) in [5.41, 5.74) is 5.88. The Morgan fingerprint density at radius 2 is 1.12 bits per heavy atom. The van der Waals surface area contributed by atoms with Gasteiger partial charge in [0.2, 0.25) is 0 Å². The fraction of sp³-hybridized carbons (Fsp3) is 0.0435. The van der Waals surface area contributed by atoms with Gasteiger partial charge in [-0.25, -0.2) is 0 Å². The second kappa shape index (κ2) is 4.42. The maximum atomic E-state index is 6.24. The molecule has 0 atom stereocenters. The van der Waals surface area contributed by atoms with Gasteiger partial charge in [0, 0.05) is 21.9 Å². The molecule has 0 spiro atoms. The number of fused-ring (bicyclic) bond motifs is 4. The van der Waals surface area contributed by atoms with Gasteiger partial charge >= 0.3 is 0 Å². The molecule has 0 amide bonds. The Labute approximate surface area is 145 Å². The number of rotatable bonds is 0. The molecular weight excluding hydrogens is 308 g/mol. The summed E-state index contributed by atoms with van der Waals surface area (Å²) in [5, 5.41) is 2.28. The first-order chi connectivity index (χ1) is 12.3. The zero-order chi connectivity index (χ0) is 16.5. The van der Waals surface area contributed by atoms with Crippen molar-refractivity contribution >= 4 is 10.8 Å². The number of hydrogen-bond acceptors (Lipinski definition) is 2. The molecule has 4 aromatic carbocycles. The highest BCUT2D eigenvalue weighted by Gasteiger charge is 2.27. The third-order valence-electron chi connectivity index (χ3n) is 5.13. The molecule has 0 unspecified atom stereocenters. The van der Waals surface area contributed by atoms with E-state index in [0.29, 0.717) is 0 Å². The molecule has 0 saturated heterocycles. The highest BCUT2D eigenvalue weighted by atomic mass is 16.5. The standard InChI is InChI=1S/C23H14O2/c1-13-6-7-15-17-9-10-19-22-16(14-4-2-3-5-18(14)24-19)8-11-20(23(17)22)25-21(15)12-13/h2-12H,1H3. The first-order valence-electron chi connectivity index (χ1n) is 8.45. The van der Waals surface area contributed by atoms with Gasteiger partial charge < -0.3 is 9.47 Å². The van der Waals surface area contributed by atoms with Gasteiger partial charge in [0.05, 0.1) is 0 Å². The monoisotopic (exact) mass is 322 g/mol. The van der Waals surface area contributed by atoms with E-state index >= 15 is 0 Å². The van der Waals surface area contributed by atoms with Gasteiger partial charge in [-0.05, 0) is 60.0 Å². The predicted octanol–water partition coefficient (Wildman–Crippen LogP) is 6.69. The lowest BCUT2D eigenvalue weighted by atomic mass is 9.88.